The molecule has 24 heavy (non-hydrogen) atoms. The van der Waals surface area contributed by atoms with Crippen LogP contribution in [0.5, 0.6) is 0 Å². The highest BCUT2D eigenvalue weighted by Crippen LogP contribution is 2.27. The Kier molecular flexibility index (Phi) is 4.42. The lowest BCUT2D eigenvalue weighted by Crippen LogP contribution is -2.48. The molecule has 2 aliphatic heterocycles. The van der Waals surface area contributed by atoms with Crippen molar-refractivity contribution in [3.63, 3.8) is 0 Å². The number of amides is 4. The molecule has 2 heterocycles. The minimum Gasteiger partial charge on any atom is -0.372 e. The number of benzene rings is 1. The summed E-state index contributed by atoms with van der Waals surface area (Å²) in [4.78, 5) is 41.1. The van der Waals surface area contributed by atoms with E-state index in [1.165, 1.54) is 4.90 Å². The molecular formula is C17H22N4O3. The van der Waals surface area contributed by atoms with Crippen LogP contribution in [-0.4, -0.2) is 60.4 Å². The van der Waals surface area contributed by atoms with Gasteiger partial charge in [-0.3, -0.25) is 14.9 Å². The number of hydrogen-bond donors (Lipinski definition) is 1. The zero-order valence-electron chi connectivity index (χ0n) is 14.0. The van der Waals surface area contributed by atoms with Crippen LogP contribution in [0.1, 0.15) is 18.9 Å². The second kappa shape index (κ2) is 6.51. The summed E-state index contributed by atoms with van der Waals surface area (Å²) in [7, 11) is 2.03. The monoisotopic (exact) mass is 330 g/mol. The molecule has 1 atom stereocenters. The van der Waals surface area contributed by atoms with Gasteiger partial charge >= 0.3 is 6.03 Å². The molecule has 1 fully saturated rings. The number of likely N-dealkylation sites (N-methyl/N-ethyl adjacent to an activating group) is 1. The number of para-hydroxylation sites is 1. The van der Waals surface area contributed by atoms with Crippen molar-refractivity contribution in [1.29, 1.82) is 0 Å². The topological polar surface area (TPSA) is 73.0 Å². The summed E-state index contributed by atoms with van der Waals surface area (Å²) in [5, 5.41) is 2.20. The van der Waals surface area contributed by atoms with E-state index in [9.17, 15) is 14.4 Å². The van der Waals surface area contributed by atoms with Crippen LogP contribution in [0.15, 0.2) is 24.3 Å². The maximum Gasteiger partial charge on any atom is 0.325 e. The number of nitrogens with zero attached hydrogens (tertiary/aromatic N) is 3. The second-order valence-electron chi connectivity index (χ2n) is 6.30. The van der Waals surface area contributed by atoms with Gasteiger partial charge in [-0.2, -0.15) is 0 Å². The molecule has 0 radical (unpaired) electrons. The van der Waals surface area contributed by atoms with Crippen molar-refractivity contribution in [3.05, 3.63) is 29.8 Å². The third-order valence-electron chi connectivity index (χ3n) is 4.65. The van der Waals surface area contributed by atoms with Gasteiger partial charge < -0.3 is 14.7 Å². The first-order valence-corrected chi connectivity index (χ1v) is 8.17. The van der Waals surface area contributed by atoms with Crippen LogP contribution in [0.4, 0.5) is 10.5 Å². The molecule has 1 aromatic rings. The van der Waals surface area contributed by atoms with E-state index < -0.39 is 6.03 Å². The molecule has 1 unspecified atom stereocenters. The van der Waals surface area contributed by atoms with Crippen LogP contribution in [-0.2, 0) is 16.1 Å². The van der Waals surface area contributed by atoms with Crippen LogP contribution in [0.25, 0.3) is 0 Å². The molecule has 1 aromatic carbocycles. The Labute approximate surface area is 141 Å². The molecule has 0 aliphatic carbocycles. The number of nitrogens with one attached hydrogen (secondary N) is 1. The Bertz CT molecular complexity index is 676. The van der Waals surface area contributed by atoms with Gasteiger partial charge in [0.05, 0.1) is 0 Å². The smallest absolute Gasteiger partial charge is 0.325 e. The zero-order valence-corrected chi connectivity index (χ0v) is 14.0. The van der Waals surface area contributed by atoms with E-state index in [1.807, 2.05) is 30.1 Å². The van der Waals surface area contributed by atoms with Crippen molar-refractivity contribution in [2.45, 2.75) is 25.9 Å². The fourth-order valence-electron chi connectivity index (χ4n) is 3.35. The van der Waals surface area contributed by atoms with Crippen LogP contribution in [0, 0.1) is 0 Å². The van der Waals surface area contributed by atoms with Crippen molar-refractivity contribution in [2.75, 3.05) is 31.6 Å². The minimum absolute atomic E-state index is 0.0499. The highest BCUT2D eigenvalue weighted by Gasteiger charge is 2.33. The number of fused-ring (bicyclic) bond motifs is 1. The lowest BCUT2D eigenvalue weighted by molar-refractivity contribution is -0.134. The predicted molar refractivity (Wildman–Crippen MR) is 89.5 cm³/mol. The molecule has 3 rings (SSSR count). The van der Waals surface area contributed by atoms with Gasteiger partial charge in [0.2, 0.25) is 11.8 Å². The van der Waals surface area contributed by atoms with Gasteiger partial charge in [0.15, 0.2) is 0 Å². The highest BCUT2D eigenvalue weighted by molar-refractivity contribution is 6.03. The molecule has 1 N–H and O–H groups in total. The summed E-state index contributed by atoms with van der Waals surface area (Å²) in [5.74, 6) is -0.488. The molecule has 7 nitrogen and oxygen atoms in total. The Morgan fingerprint density at radius 1 is 1.25 bits per heavy atom. The highest BCUT2D eigenvalue weighted by atomic mass is 16.2. The summed E-state index contributed by atoms with van der Waals surface area (Å²) < 4.78 is 0. The summed E-state index contributed by atoms with van der Waals surface area (Å²) in [6.45, 7) is 3.19. The first-order chi connectivity index (χ1) is 11.5. The number of anilines is 1. The van der Waals surface area contributed by atoms with Crippen molar-refractivity contribution >= 4 is 23.5 Å². The van der Waals surface area contributed by atoms with Crippen molar-refractivity contribution in [1.82, 2.24) is 15.1 Å². The Morgan fingerprint density at radius 3 is 2.67 bits per heavy atom. The quantitative estimate of drug-likeness (QED) is 0.832. The Morgan fingerprint density at radius 2 is 2.00 bits per heavy atom. The number of hydrogen-bond acceptors (Lipinski definition) is 4. The van der Waals surface area contributed by atoms with Gasteiger partial charge in [0.1, 0.15) is 13.1 Å². The average Bonchev–Trinajstić information content (AvgIpc) is 2.79. The molecule has 0 bridgehead atoms. The maximum atomic E-state index is 12.8. The average molecular weight is 330 g/mol. The first-order valence-electron chi connectivity index (χ1n) is 8.17. The molecule has 128 valence electrons. The number of imide groups is 1. The van der Waals surface area contributed by atoms with E-state index >= 15 is 0 Å². The van der Waals surface area contributed by atoms with Gasteiger partial charge in [0.25, 0.3) is 0 Å². The molecule has 4 amide bonds. The summed E-state index contributed by atoms with van der Waals surface area (Å²) >= 11 is 0. The standard InChI is InChI=1S/C17H22N4O3/c1-3-13-9-19(2)14-7-5-4-6-12(14)8-21(13)16(23)11-20-10-15(22)18-17(20)24/h4-7,13H,3,8-11H2,1-2H3,(H,18,22,24). The number of carbonyl (C=O) groups is 3. The number of rotatable bonds is 3. The maximum absolute atomic E-state index is 12.8. The van der Waals surface area contributed by atoms with Crippen molar-refractivity contribution in [3.8, 4) is 0 Å². The SMILES string of the molecule is CCC1CN(C)c2ccccc2CN1C(=O)CN1CC(=O)NC1=O. The number of carbonyl (C=O) groups excluding carboxylic acids is 3. The lowest BCUT2D eigenvalue weighted by Gasteiger charge is -2.31. The second-order valence-corrected chi connectivity index (χ2v) is 6.30. The first kappa shape index (κ1) is 16.3. The summed E-state index contributed by atoms with van der Waals surface area (Å²) in [5.41, 5.74) is 2.21. The fourth-order valence-corrected chi connectivity index (χ4v) is 3.35. The van der Waals surface area contributed by atoms with Crippen LogP contribution in [0.3, 0.4) is 0 Å². The van der Waals surface area contributed by atoms with Crippen LogP contribution in [0.2, 0.25) is 0 Å². The van der Waals surface area contributed by atoms with E-state index in [1.54, 1.807) is 0 Å². The van der Waals surface area contributed by atoms with Crippen LogP contribution >= 0.6 is 0 Å². The fraction of sp³-hybridized carbons (Fsp3) is 0.471. The van der Waals surface area contributed by atoms with Crippen LogP contribution < -0.4 is 10.2 Å². The largest absolute Gasteiger partial charge is 0.372 e. The van der Waals surface area contributed by atoms with Gasteiger partial charge in [-0.25, -0.2) is 4.79 Å². The molecule has 2 aliphatic rings. The molecule has 0 aromatic heterocycles. The Hall–Kier alpha value is -2.57. The van der Waals surface area contributed by atoms with Gasteiger partial charge in [-0.1, -0.05) is 25.1 Å². The van der Waals surface area contributed by atoms with Crippen molar-refractivity contribution < 1.29 is 14.4 Å². The third kappa shape index (κ3) is 3.06. The normalized spacial score (nSPS) is 20.8. The molecule has 0 saturated carbocycles. The summed E-state index contributed by atoms with van der Waals surface area (Å²) in [6, 6.07) is 7.62. The summed E-state index contributed by atoms with van der Waals surface area (Å²) in [6.07, 6.45) is 0.829. The Balaban J connectivity index is 1.81. The van der Waals surface area contributed by atoms with E-state index in [0.29, 0.717) is 6.54 Å². The zero-order chi connectivity index (χ0) is 17.3. The molecular weight excluding hydrogens is 308 g/mol. The lowest BCUT2D eigenvalue weighted by atomic mass is 10.1. The van der Waals surface area contributed by atoms with E-state index in [2.05, 4.69) is 23.2 Å². The van der Waals surface area contributed by atoms with Gasteiger partial charge in [0, 0.05) is 31.9 Å². The van der Waals surface area contributed by atoms with E-state index in [0.717, 1.165) is 24.2 Å². The van der Waals surface area contributed by atoms with E-state index in [-0.39, 0.29) is 30.9 Å². The molecule has 7 heteroatoms. The minimum atomic E-state index is -0.492. The van der Waals surface area contributed by atoms with Gasteiger partial charge in [-0.05, 0) is 18.1 Å². The predicted octanol–water partition coefficient (Wildman–Crippen LogP) is 0.795. The molecule has 0 spiro atoms. The number of urea groups is 1. The van der Waals surface area contributed by atoms with Crippen molar-refractivity contribution in [2.24, 2.45) is 0 Å². The third-order valence-corrected chi connectivity index (χ3v) is 4.65. The van der Waals surface area contributed by atoms with E-state index in [4.69, 9.17) is 0 Å². The molecule has 1 saturated heterocycles. The van der Waals surface area contributed by atoms with Gasteiger partial charge in [-0.15, -0.1) is 0 Å².